The number of hydrogen-bond donors (Lipinski definition) is 2. The van der Waals surface area contributed by atoms with Crippen molar-refractivity contribution in [2.45, 2.75) is 38.5 Å². The van der Waals surface area contributed by atoms with E-state index in [0.29, 0.717) is 6.04 Å². The number of nitrogens with zero attached hydrogens (tertiary/aromatic N) is 1. The number of methoxy groups -OCH3 is 1. The van der Waals surface area contributed by atoms with E-state index in [-0.39, 0.29) is 0 Å². The smallest absolute Gasteiger partial charge is 0.119 e. The van der Waals surface area contributed by atoms with Crippen LogP contribution in [0.2, 0.25) is 0 Å². The van der Waals surface area contributed by atoms with Gasteiger partial charge >= 0.3 is 0 Å². The fraction of sp³-hybridized carbons (Fsp3) is 0.429. The van der Waals surface area contributed by atoms with Gasteiger partial charge in [0.2, 0.25) is 0 Å². The van der Waals surface area contributed by atoms with Crippen LogP contribution in [-0.4, -0.2) is 31.3 Å². The largest absolute Gasteiger partial charge is 0.497 e. The number of aliphatic hydroxyl groups excluding tert-OH is 1. The van der Waals surface area contributed by atoms with Crippen molar-refractivity contribution in [3.63, 3.8) is 0 Å². The van der Waals surface area contributed by atoms with Crippen LogP contribution in [-0.2, 0) is 6.54 Å². The van der Waals surface area contributed by atoms with Crippen LogP contribution in [0.5, 0.6) is 5.75 Å². The topological polar surface area (TPSA) is 44.7 Å². The number of rotatable bonds is 6. The molecule has 1 aliphatic heterocycles. The fourth-order valence-electron chi connectivity index (χ4n) is 3.31. The highest BCUT2D eigenvalue weighted by Crippen LogP contribution is 2.23. The first kappa shape index (κ1) is 17.8. The predicted octanol–water partition coefficient (Wildman–Crippen LogP) is 3.51. The van der Waals surface area contributed by atoms with E-state index in [4.69, 9.17) is 4.74 Å². The highest BCUT2D eigenvalue weighted by molar-refractivity contribution is 5.49. The lowest BCUT2D eigenvalue weighted by Gasteiger charge is -2.34. The minimum Gasteiger partial charge on any atom is -0.497 e. The van der Waals surface area contributed by atoms with Crippen molar-refractivity contribution in [1.82, 2.24) is 5.32 Å². The van der Waals surface area contributed by atoms with Gasteiger partial charge in [0.1, 0.15) is 5.75 Å². The van der Waals surface area contributed by atoms with Gasteiger partial charge in [-0.1, -0.05) is 24.3 Å². The summed E-state index contributed by atoms with van der Waals surface area (Å²) in [6.07, 6.45) is 1.90. The van der Waals surface area contributed by atoms with E-state index in [1.807, 2.05) is 24.3 Å². The van der Waals surface area contributed by atoms with E-state index in [2.05, 4.69) is 34.5 Å². The Morgan fingerprint density at radius 2 is 1.72 bits per heavy atom. The molecule has 0 aromatic heterocycles. The second-order valence-electron chi connectivity index (χ2n) is 6.76. The van der Waals surface area contributed by atoms with Gasteiger partial charge in [-0.2, -0.15) is 0 Å². The molecule has 25 heavy (non-hydrogen) atoms. The number of piperidine rings is 1. The van der Waals surface area contributed by atoms with Gasteiger partial charge in [-0.3, -0.25) is 0 Å². The summed E-state index contributed by atoms with van der Waals surface area (Å²) in [4.78, 5) is 2.44. The van der Waals surface area contributed by atoms with Gasteiger partial charge in [0.15, 0.2) is 0 Å². The molecule has 1 aliphatic rings. The molecular formula is C21H28N2O2. The van der Waals surface area contributed by atoms with E-state index in [0.717, 1.165) is 43.8 Å². The van der Waals surface area contributed by atoms with Crippen LogP contribution < -0.4 is 15.0 Å². The summed E-state index contributed by atoms with van der Waals surface area (Å²) in [5.41, 5.74) is 3.51. The molecule has 2 N–H and O–H groups in total. The van der Waals surface area contributed by atoms with Gasteiger partial charge in [0, 0.05) is 31.4 Å². The SMILES string of the molecule is COc1ccc(N2CCC(NCc3ccc(C(C)O)cc3)CC2)cc1. The summed E-state index contributed by atoms with van der Waals surface area (Å²) in [5, 5.41) is 13.2. The second kappa shape index (κ2) is 8.37. The lowest BCUT2D eigenvalue weighted by molar-refractivity contribution is 0.199. The summed E-state index contributed by atoms with van der Waals surface area (Å²) in [7, 11) is 1.70. The Morgan fingerprint density at radius 3 is 2.28 bits per heavy atom. The van der Waals surface area contributed by atoms with Gasteiger partial charge in [-0.25, -0.2) is 0 Å². The van der Waals surface area contributed by atoms with Crippen molar-refractivity contribution in [1.29, 1.82) is 0 Å². The molecule has 0 aliphatic carbocycles. The molecule has 4 nitrogen and oxygen atoms in total. The Morgan fingerprint density at radius 1 is 1.08 bits per heavy atom. The summed E-state index contributed by atoms with van der Waals surface area (Å²) in [6, 6.07) is 17.1. The molecule has 1 fully saturated rings. The number of aliphatic hydroxyl groups is 1. The molecule has 4 heteroatoms. The molecule has 0 amide bonds. The van der Waals surface area contributed by atoms with Gasteiger partial charge in [0.05, 0.1) is 13.2 Å². The maximum atomic E-state index is 9.57. The lowest BCUT2D eigenvalue weighted by atomic mass is 10.0. The third kappa shape index (κ3) is 4.74. The standard InChI is InChI=1S/C21H28N2O2/c1-16(24)18-5-3-17(4-6-18)15-22-19-11-13-23(14-12-19)20-7-9-21(25-2)10-8-20/h3-10,16,19,22,24H,11-15H2,1-2H3. The molecular weight excluding hydrogens is 312 g/mol. The van der Waals surface area contributed by atoms with Crippen molar-refractivity contribution in [2.24, 2.45) is 0 Å². The first-order chi connectivity index (χ1) is 12.2. The third-order valence-corrected chi connectivity index (χ3v) is 4.99. The number of anilines is 1. The van der Waals surface area contributed by atoms with Crippen LogP contribution in [0.4, 0.5) is 5.69 Å². The Kier molecular flexibility index (Phi) is 5.95. The van der Waals surface area contributed by atoms with Crippen LogP contribution >= 0.6 is 0 Å². The van der Waals surface area contributed by atoms with E-state index < -0.39 is 6.10 Å². The highest BCUT2D eigenvalue weighted by atomic mass is 16.5. The molecule has 0 spiro atoms. The first-order valence-corrected chi connectivity index (χ1v) is 9.05. The third-order valence-electron chi connectivity index (χ3n) is 4.99. The van der Waals surface area contributed by atoms with Gasteiger partial charge in [0.25, 0.3) is 0 Å². The molecule has 1 saturated heterocycles. The van der Waals surface area contributed by atoms with Gasteiger partial charge in [-0.05, 0) is 55.2 Å². The summed E-state index contributed by atoms with van der Waals surface area (Å²) in [6.45, 7) is 4.83. The van der Waals surface area contributed by atoms with Crippen LogP contribution in [0.15, 0.2) is 48.5 Å². The number of benzene rings is 2. The maximum absolute atomic E-state index is 9.57. The average molecular weight is 340 g/mol. The molecule has 1 unspecified atom stereocenters. The van der Waals surface area contributed by atoms with Crippen molar-refractivity contribution in [3.05, 3.63) is 59.7 Å². The zero-order valence-corrected chi connectivity index (χ0v) is 15.1. The quantitative estimate of drug-likeness (QED) is 0.845. The number of nitrogens with one attached hydrogen (secondary N) is 1. The molecule has 0 bridgehead atoms. The molecule has 1 atom stereocenters. The summed E-state index contributed by atoms with van der Waals surface area (Å²) >= 11 is 0. The zero-order chi connectivity index (χ0) is 17.6. The Hall–Kier alpha value is -2.04. The van der Waals surface area contributed by atoms with E-state index >= 15 is 0 Å². The predicted molar refractivity (Wildman–Crippen MR) is 102 cm³/mol. The molecule has 134 valence electrons. The van der Waals surface area contributed by atoms with Crippen LogP contribution in [0.1, 0.15) is 37.0 Å². The van der Waals surface area contributed by atoms with Crippen molar-refractivity contribution in [3.8, 4) is 5.75 Å². The monoisotopic (exact) mass is 340 g/mol. The average Bonchev–Trinajstić information content (AvgIpc) is 2.67. The van der Waals surface area contributed by atoms with Crippen LogP contribution in [0.3, 0.4) is 0 Å². The molecule has 3 rings (SSSR count). The number of ether oxygens (including phenoxy) is 1. The first-order valence-electron chi connectivity index (χ1n) is 9.05. The highest BCUT2D eigenvalue weighted by Gasteiger charge is 2.19. The number of hydrogen-bond acceptors (Lipinski definition) is 4. The molecule has 0 saturated carbocycles. The molecule has 2 aromatic rings. The normalized spacial score (nSPS) is 16.7. The lowest BCUT2D eigenvalue weighted by Crippen LogP contribution is -2.42. The van der Waals surface area contributed by atoms with Crippen LogP contribution in [0.25, 0.3) is 0 Å². The van der Waals surface area contributed by atoms with Gasteiger partial charge < -0.3 is 20.1 Å². The molecule has 1 heterocycles. The van der Waals surface area contributed by atoms with E-state index in [9.17, 15) is 5.11 Å². The molecule has 2 aromatic carbocycles. The van der Waals surface area contributed by atoms with Crippen molar-refractivity contribution < 1.29 is 9.84 Å². The Bertz CT molecular complexity index is 645. The minimum absolute atomic E-state index is 0.399. The zero-order valence-electron chi connectivity index (χ0n) is 15.1. The summed E-state index contributed by atoms with van der Waals surface area (Å²) < 4.78 is 5.23. The van der Waals surface area contributed by atoms with Gasteiger partial charge in [-0.15, -0.1) is 0 Å². The minimum atomic E-state index is -0.399. The van der Waals surface area contributed by atoms with Crippen molar-refractivity contribution in [2.75, 3.05) is 25.1 Å². The van der Waals surface area contributed by atoms with E-state index in [1.54, 1.807) is 14.0 Å². The maximum Gasteiger partial charge on any atom is 0.119 e. The Balaban J connectivity index is 1.45. The second-order valence-corrected chi connectivity index (χ2v) is 6.76. The molecule has 0 radical (unpaired) electrons. The Labute approximate surface area is 150 Å². The van der Waals surface area contributed by atoms with E-state index in [1.165, 1.54) is 11.3 Å². The summed E-state index contributed by atoms with van der Waals surface area (Å²) in [5.74, 6) is 0.905. The fourth-order valence-corrected chi connectivity index (χ4v) is 3.31. The van der Waals surface area contributed by atoms with Crippen LogP contribution in [0, 0.1) is 0 Å². The van der Waals surface area contributed by atoms with Crippen molar-refractivity contribution >= 4 is 5.69 Å².